The Kier molecular flexibility index (Phi) is 3.72. The van der Waals surface area contributed by atoms with Crippen molar-refractivity contribution in [3.05, 3.63) is 35.6 Å². The number of aliphatic hydroxyl groups excluding tert-OH is 1. The third-order valence-electron chi connectivity index (χ3n) is 2.02. The number of furan rings is 1. The summed E-state index contributed by atoms with van der Waals surface area (Å²) in [5.41, 5.74) is 2.87. The molecule has 1 N–H and O–H groups in total. The predicted molar refractivity (Wildman–Crippen MR) is 58.2 cm³/mol. The summed E-state index contributed by atoms with van der Waals surface area (Å²) in [5.74, 6) is 0. The first kappa shape index (κ1) is 10.8. The van der Waals surface area contributed by atoms with Crippen LogP contribution in [-0.4, -0.2) is 5.11 Å². The van der Waals surface area contributed by atoms with E-state index < -0.39 is 0 Å². The Hall–Kier alpha value is -1.28. The smallest absolute Gasteiger partial charge is 0.134 e. The number of rotatable bonds is 1. The van der Waals surface area contributed by atoms with E-state index in [1.165, 1.54) is 0 Å². The van der Waals surface area contributed by atoms with Gasteiger partial charge in [0.05, 0.1) is 12.9 Å². The average Bonchev–Trinajstić information content (AvgIpc) is 2.63. The lowest BCUT2D eigenvalue weighted by Gasteiger charge is -1.94. The van der Waals surface area contributed by atoms with Gasteiger partial charge >= 0.3 is 0 Å². The fourth-order valence-electron chi connectivity index (χ4n) is 1.30. The minimum absolute atomic E-state index is 0.0652. The van der Waals surface area contributed by atoms with E-state index in [1.54, 1.807) is 6.26 Å². The van der Waals surface area contributed by atoms with Gasteiger partial charge in [-0.2, -0.15) is 0 Å². The number of hydrogen-bond acceptors (Lipinski definition) is 2. The van der Waals surface area contributed by atoms with Crippen LogP contribution in [0.1, 0.15) is 25.0 Å². The van der Waals surface area contributed by atoms with Crippen LogP contribution in [0.15, 0.2) is 28.9 Å². The van der Waals surface area contributed by atoms with Gasteiger partial charge in [-0.1, -0.05) is 26.0 Å². The highest BCUT2D eigenvalue weighted by molar-refractivity contribution is 5.81. The molecule has 0 saturated carbocycles. The van der Waals surface area contributed by atoms with Crippen molar-refractivity contribution >= 4 is 11.0 Å². The van der Waals surface area contributed by atoms with Crippen LogP contribution in [0.2, 0.25) is 0 Å². The Morgan fingerprint density at radius 3 is 2.64 bits per heavy atom. The monoisotopic (exact) mass is 192 g/mol. The van der Waals surface area contributed by atoms with E-state index >= 15 is 0 Å². The van der Waals surface area contributed by atoms with Gasteiger partial charge in [-0.05, 0) is 24.1 Å². The third-order valence-corrected chi connectivity index (χ3v) is 2.02. The molecule has 0 aliphatic carbocycles. The molecule has 2 heteroatoms. The van der Waals surface area contributed by atoms with Gasteiger partial charge in [0, 0.05) is 5.39 Å². The van der Waals surface area contributed by atoms with Crippen LogP contribution in [0, 0.1) is 6.92 Å². The molecule has 0 fully saturated rings. The maximum atomic E-state index is 8.86. The van der Waals surface area contributed by atoms with E-state index in [4.69, 9.17) is 9.52 Å². The second kappa shape index (κ2) is 4.82. The molecule has 1 aromatic heterocycles. The van der Waals surface area contributed by atoms with E-state index in [0.29, 0.717) is 0 Å². The molecule has 0 bridgehead atoms. The highest BCUT2D eigenvalue weighted by atomic mass is 16.3. The fourth-order valence-corrected chi connectivity index (χ4v) is 1.30. The van der Waals surface area contributed by atoms with E-state index in [2.05, 4.69) is 0 Å². The Morgan fingerprint density at radius 2 is 2.00 bits per heavy atom. The van der Waals surface area contributed by atoms with Gasteiger partial charge in [0.25, 0.3) is 0 Å². The zero-order valence-corrected chi connectivity index (χ0v) is 8.87. The number of hydrogen-bond donors (Lipinski definition) is 1. The molecule has 1 aromatic carbocycles. The molecule has 0 radical (unpaired) electrons. The number of aliphatic hydroxyl groups is 1. The van der Waals surface area contributed by atoms with Gasteiger partial charge in [-0.3, -0.25) is 0 Å². The lowest BCUT2D eigenvalue weighted by Crippen LogP contribution is -1.80. The molecule has 2 rings (SSSR count). The van der Waals surface area contributed by atoms with Crippen molar-refractivity contribution in [2.75, 3.05) is 0 Å². The molecule has 0 aliphatic heterocycles. The minimum atomic E-state index is 0.0652. The maximum absolute atomic E-state index is 8.86. The topological polar surface area (TPSA) is 33.4 Å². The van der Waals surface area contributed by atoms with Gasteiger partial charge in [0.2, 0.25) is 0 Å². The Morgan fingerprint density at radius 1 is 1.29 bits per heavy atom. The second-order valence-electron chi connectivity index (χ2n) is 2.91. The molecule has 0 spiro atoms. The third kappa shape index (κ3) is 1.96. The van der Waals surface area contributed by atoms with Crippen LogP contribution in [0.3, 0.4) is 0 Å². The van der Waals surface area contributed by atoms with Gasteiger partial charge < -0.3 is 9.52 Å². The molecule has 2 nitrogen and oxygen atoms in total. The quantitative estimate of drug-likeness (QED) is 0.752. The molecule has 0 amide bonds. The predicted octanol–water partition coefficient (Wildman–Crippen LogP) is 3.26. The van der Waals surface area contributed by atoms with E-state index in [9.17, 15) is 0 Å². The molecule has 0 unspecified atom stereocenters. The SMILES string of the molecule is CC.Cc1coc2cc(CO)ccc12. The van der Waals surface area contributed by atoms with Crippen molar-refractivity contribution in [2.24, 2.45) is 0 Å². The molecular weight excluding hydrogens is 176 g/mol. The van der Waals surface area contributed by atoms with Crippen molar-refractivity contribution in [3.8, 4) is 0 Å². The van der Waals surface area contributed by atoms with Crippen LogP contribution in [-0.2, 0) is 6.61 Å². The fraction of sp³-hybridized carbons (Fsp3) is 0.333. The van der Waals surface area contributed by atoms with Crippen molar-refractivity contribution in [1.82, 2.24) is 0 Å². The van der Waals surface area contributed by atoms with Crippen molar-refractivity contribution in [3.63, 3.8) is 0 Å². The van der Waals surface area contributed by atoms with Crippen LogP contribution < -0.4 is 0 Å². The Bertz CT molecular complexity index is 402. The molecule has 14 heavy (non-hydrogen) atoms. The van der Waals surface area contributed by atoms with E-state index in [1.807, 2.05) is 39.0 Å². The minimum Gasteiger partial charge on any atom is -0.464 e. The van der Waals surface area contributed by atoms with Gasteiger partial charge in [-0.15, -0.1) is 0 Å². The number of benzene rings is 1. The van der Waals surface area contributed by atoms with Crippen LogP contribution in [0.5, 0.6) is 0 Å². The highest BCUT2D eigenvalue weighted by Crippen LogP contribution is 2.21. The zero-order chi connectivity index (χ0) is 10.6. The Balaban J connectivity index is 0.000000461. The Labute approximate surface area is 84.2 Å². The summed E-state index contributed by atoms with van der Waals surface area (Å²) in [6, 6.07) is 5.74. The van der Waals surface area contributed by atoms with Crippen molar-refractivity contribution in [2.45, 2.75) is 27.4 Å². The lowest BCUT2D eigenvalue weighted by atomic mass is 10.1. The normalized spacial score (nSPS) is 9.71. The first-order valence-corrected chi connectivity index (χ1v) is 4.89. The van der Waals surface area contributed by atoms with Gasteiger partial charge in [0.15, 0.2) is 0 Å². The summed E-state index contributed by atoms with van der Waals surface area (Å²) in [4.78, 5) is 0. The van der Waals surface area contributed by atoms with Crippen LogP contribution in [0.4, 0.5) is 0 Å². The largest absolute Gasteiger partial charge is 0.464 e. The average molecular weight is 192 g/mol. The summed E-state index contributed by atoms with van der Waals surface area (Å²) in [6.45, 7) is 6.07. The number of fused-ring (bicyclic) bond motifs is 1. The molecule has 76 valence electrons. The summed E-state index contributed by atoms with van der Waals surface area (Å²) in [7, 11) is 0. The first-order chi connectivity index (χ1) is 6.81. The molecule has 2 aromatic rings. The lowest BCUT2D eigenvalue weighted by molar-refractivity contribution is 0.282. The van der Waals surface area contributed by atoms with Crippen molar-refractivity contribution in [1.29, 1.82) is 0 Å². The molecule has 0 saturated heterocycles. The number of aryl methyl sites for hydroxylation is 1. The summed E-state index contributed by atoms with van der Waals surface area (Å²) in [6.07, 6.45) is 1.73. The molecule has 1 heterocycles. The molecule has 0 aliphatic rings. The first-order valence-electron chi connectivity index (χ1n) is 4.89. The van der Waals surface area contributed by atoms with Crippen molar-refractivity contribution < 1.29 is 9.52 Å². The standard InChI is InChI=1S/C10H10O2.C2H6/c1-7-6-12-10-4-8(5-11)2-3-9(7)10;1-2/h2-4,6,11H,5H2,1H3;1-2H3. The zero-order valence-electron chi connectivity index (χ0n) is 8.87. The second-order valence-corrected chi connectivity index (χ2v) is 2.91. The summed E-state index contributed by atoms with van der Waals surface area (Å²) < 4.78 is 5.28. The maximum Gasteiger partial charge on any atom is 0.134 e. The van der Waals surface area contributed by atoms with E-state index in [-0.39, 0.29) is 6.61 Å². The van der Waals surface area contributed by atoms with Crippen LogP contribution >= 0.6 is 0 Å². The van der Waals surface area contributed by atoms with Crippen LogP contribution in [0.25, 0.3) is 11.0 Å². The summed E-state index contributed by atoms with van der Waals surface area (Å²) >= 11 is 0. The highest BCUT2D eigenvalue weighted by Gasteiger charge is 2.01. The van der Waals surface area contributed by atoms with Gasteiger partial charge in [0.1, 0.15) is 5.58 Å². The molecular formula is C12H16O2. The molecule has 0 atom stereocenters. The summed E-state index contributed by atoms with van der Waals surface area (Å²) in [5, 5.41) is 9.98. The van der Waals surface area contributed by atoms with E-state index in [0.717, 1.165) is 22.1 Å². The van der Waals surface area contributed by atoms with Gasteiger partial charge in [-0.25, -0.2) is 0 Å².